The van der Waals surface area contributed by atoms with Crippen molar-refractivity contribution in [2.75, 3.05) is 27.2 Å². The van der Waals surface area contributed by atoms with Gasteiger partial charge in [-0.1, -0.05) is 18.2 Å². The van der Waals surface area contributed by atoms with Crippen LogP contribution in [0, 0.1) is 0 Å². The fraction of sp³-hybridized carbons (Fsp3) is 0.333. The summed E-state index contributed by atoms with van der Waals surface area (Å²) in [5.41, 5.74) is 1.92. The maximum absolute atomic E-state index is 12.0. The largest absolute Gasteiger partial charge is 0.344 e. The molecule has 0 aliphatic rings. The second kappa shape index (κ2) is 8.44. The standard InChI is InChI=1S/C15H20N4O.ClH/c1-16-8-9-18(2)15(20)10-13-11-17-19(12-13)14-6-4-3-5-7-14;/h3-7,11-12,16H,8-10H2,1-2H3;1H. The molecule has 0 fully saturated rings. The number of nitrogens with one attached hydrogen (secondary N) is 1. The van der Waals surface area contributed by atoms with E-state index in [9.17, 15) is 4.79 Å². The predicted molar refractivity (Wildman–Crippen MR) is 86.1 cm³/mol. The Kier molecular flexibility index (Phi) is 6.91. The topological polar surface area (TPSA) is 50.2 Å². The van der Waals surface area contributed by atoms with Gasteiger partial charge in [0.15, 0.2) is 0 Å². The molecule has 6 heteroatoms. The number of para-hydroxylation sites is 1. The maximum Gasteiger partial charge on any atom is 0.226 e. The molecule has 1 N–H and O–H groups in total. The van der Waals surface area contributed by atoms with Crippen LogP contribution >= 0.6 is 12.4 Å². The highest BCUT2D eigenvalue weighted by atomic mass is 35.5. The van der Waals surface area contributed by atoms with Crippen molar-refractivity contribution < 1.29 is 4.79 Å². The molecule has 1 aromatic carbocycles. The zero-order valence-electron chi connectivity index (χ0n) is 12.3. The van der Waals surface area contributed by atoms with Crippen LogP contribution in [0.25, 0.3) is 5.69 Å². The Hall–Kier alpha value is -1.85. The Labute approximate surface area is 131 Å². The van der Waals surface area contributed by atoms with Gasteiger partial charge in [0.1, 0.15) is 0 Å². The number of amides is 1. The maximum atomic E-state index is 12.0. The minimum absolute atomic E-state index is 0. The van der Waals surface area contributed by atoms with E-state index in [1.165, 1.54) is 0 Å². The summed E-state index contributed by atoms with van der Waals surface area (Å²) in [6.45, 7) is 1.51. The quantitative estimate of drug-likeness (QED) is 0.880. The van der Waals surface area contributed by atoms with Crippen molar-refractivity contribution in [2.45, 2.75) is 6.42 Å². The van der Waals surface area contributed by atoms with Gasteiger partial charge in [0.2, 0.25) is 5.91 Å². The summed E-state index contributed by atoms with van der Waals surface area (Å²) >= 11 is 0. The van der Waals surface area contributed by atoms with Crippen molar-refractivity contribution in [1.29, 1.82) is 0 Å². The smallest absolute Gasteiger partial charge is 0.226 e. The molecule has 0 aliphatic carbocycles. The summed E-state index contributed by atoms with van der Waals surface area (Å²) in [5.74, 6) is 0.105. The van der Waals surface area contributed by atoms with Crippen LogP contribution in [0.5, 0.6) is 0 Å². The molecule has 1 aromatic heterocycles. The van der Waals surface area contributed by atoms with Gasteiger partial charge in [-0.25, -0.2) is 4.68 Å². The fourth-order valence-electron chi connectivity index (χ4n) is 1.89. The van der Waals surface area contributed by atoms with Gasteiger partial charge in [-0.15, -0.1) is 12.4 Å². The first-order valence-electron chi connectivity index (χ1n) is 6.68. The molecule has 0 unspecified atom stereocenters. The molecule has 0 bridgehead atoms. The normalized spacial score (nSPS) is 10.0. The molecule has 2 aromatic rings. The number of hydrogen-bond donors (Lipinski definition) is 1. The molecule has 0 radical (unpaired) electrons. The average molecular weight is 309 g/mol. The van der Waals surface area contributed by atoms with Crippen molar-refractivity contribution >= 4 is 18.3 Å². The lowest BCUT2D eigenvalue weighted by atomic mass is 10.2. The molecule has 0 saturated carbocycles. The molecule has 2 rings (SSSR count). The lowest BCUT2D eigenvalue weighted by molar-refractivity contribution is -0.129. The summed E-state index contributed by atoms with van der Waals surface area (Å²) in [6.07, 6.45) is 4.03. The third-order valence-electron chi connectivity index (χ3n) is 3.14. The van der Waals surface area contributed by atoms with Crippen molar-refractivity contribution in [3.05, 3.63) is 48.3 Å². The lowest BCUT2D eigenvalue weighted by Crippen LogP contribution is -2.33. The second-order valence-electron chi connectivity index (χ2n) is 4.72. The van der Waals surface area contributed by atoms with Crippen LogP contribution in [0.1, 0.15) is 5.56 Å². The Bertz CT molecular complexity index is 556. The predicted octanol–water partition coefficient (Wildman–Crippen LogP) is 1.51. The fourth-order valence-corrected chi connectivity index (χ4v) is 1.89. The van der Waals surface area contributed by atoms with E-state index in [1.807, 2.05) is 50.6 Å². The van der Waals surface area contributed by atoms with Crippen LogP contribution in [0.3, 0.4) is 0 Å². The van der Waals surface area contributed by atoms with Crippen LogP contribution in [0.15, 0.2) is 42.7 Å². The van der Waals surface area contributed by atoms with E-state index in [-0.39, 0.29) is 18.3 Å². The van der Waals surface area contributed by atoms with Crippen LogP contribution in [0.2, 0.25) is 0 Å². The number of rotatable bonds is 6. The number of aromatic nitrogens is 2. The van der Waals surface area contributed by atoms with Crippen molar-refractivity contribution in [2.24, 2.45) is 0 Å². The molecular weight excluding hydrogens is 288 g/mol. The Morgan fingerprint density at radius 3 is 2.71 bits per heavy atom. The first-order chi connectivity index (χ1) is 9.70. The van der Waals surface area contributed by atoms with Gasteiger partial charge < -0.3 is 10.2 Å². The zero-order valence-corrected chi connectivity index (χ0v) is 13.1. The summed E-state index contributed by atoms with van der Waals surface area (Å²) < 4.78 is 1.79. The second-order valence-corrected chi connectivity index (χ2v) is 4.72. The lowest BCUT2D eigenvalue weighted by Gasteiger charge is -2.16. The Morgan fingerprint density at radius 2 is 2.05 bits per heavy atom. The summed E-state index contributed by atoms with van der Waals surface area (Å²) in [4.78, 5) is 13.8. The van der Waals surface area contributed by atoms with Gasteiger partial charge in [0, 0.05) is 26.3 Å². The summed E-state index contributed by atoms with van der Waals surface area (Å²) in [7, 11) is 3.70. The Balaban J connectivity index is 0.00000220. The molecule has 0 atom stereocenters. The molecule has 1 heterocycles. The summed E-state index contributed by atoms with van der Waals surface area (Å²) in [6, 6.07) is 9.87. The van der Waals surface area contributed by atoms with Gasteiger partial charge in [-0.05, 0) is 24.7 Å². The van der Waals surface area contributed by atoms with Gasteiger partial charge >= 0.3 is 0 Å². The monoisotopic (exact) mass is 308 g/mol. The van der Waals surface area contributed by atoms with Crippen LogP contribution in [-0.2, 0) is 11.2 Å². The Morgan fingerprint density at radius 1 is 1.33 bits per heavy atom. The van der Waals surface area contributed by atoms with E-state index >= 15 is 0 Å². The van der Waals surface area contributed by atoms with E-state index in [4.69, 9.17) is 0 Å². The van der Waals surface area contributed by atoms with Crippen molar-refractivity contribution in [1.82, 2.24) is 20.0 Å². The zero-order chi connectivity index (χ0) is 14.4. The van der Waals surface area contributed by atoms with Crippen LogP contribution < -0.4 is 5.32 Å². The van der Waals surface area contributed by atoms with E-state index in [0.717, 1.165) is 17.8 Å². The number of halogens is 1. The highest BCUT2D eigenvalue weighted by molar-refractivity contribution is 5.85. The van der Waals surface area contributed by atoms with E-state index in [2.05, 4.69) is 10.4 Å². The molecule has 21 heavy (non-hydrogen) atoms. The highest BCUT2D eigenvalue weighted by Gasteiger charge is 2.10. The first-order valence-corrected chi connectivity index (χ1v) is 6.68. The number of likely N-dealkylation sites (N-methyl/N-ethyl adjacent to an activating group) is 2. The van der Waals surface area contributed by atoms with E-state index < -0.39 is 0 Å². The molecule has 0 spiro atoms. The van der Waals surface area contributed by atoms with E-state index in [1.54, 1.807) is 15.8 Å². The third kappa shape index (κ3) is 4.88. The number of carbonyl (C=O) groups is 1. The minimum Gasteiger partial charge on any atom is -0.344 e. The SMILES string of the molecule is CNCCN(C)C(=O)Cc1cnn(-c2ccccc2)c1.Cl. The molecule has 114 valence electrons. The first kappa shape index (κ1) is 17.2. The van der Waals surface area contributed by atoms with Crippen molar-refractivity contribution in [3.63, 3.8) is 0 Å². The van der Waals surface area contributed by atoms with Gasteiger partial charge in [-0.3, -0.25) is 4.79 Å². The molecule has 0 saturated heterocycles. The highest BCUT2D eigenvalue weighted by Crippen LogP contribution is 2.08. The van der Waals surface area contributed by atoms with Gasteiger partial charge in [-0.2, -0.15) is 5.10 Å². The number of nitrogens with zero attached hydrogens (tertiary/aromatic N) is 3. The molecule has 0 aliphatic heterocycles. The van der Waals surface area contributed by atoms with Crippen LogP contribution in [0.4, 0.5) is 0 Å². The van der Waals surface area contributed by atoms with E-state index in [0.29, 0.717) is 13.0 Å². The minimum atomic E-state index is 0. The summed E-state index contributed by atoms with van der Waals surface area (Å²) in [5, 5.41) is 7.33. The van der Waals surface area contributed by atoms with Crippen molar-refractivity contribution in [3.8, 4) is 5.69 Å². The average Bonchev–Trinajstić information content (AvgIpc) is 2.94. The molecule has 1 amide bonds. The third-order valence-corrected chi connectivity index (χ3v) is 3.14. The molecular formula is C15H21ClN4O. The number of benzene rings is 1. The molecule has 5 nitrogen and oxygen atoms in total. The van der Waals surface area contributed by atoms with Gasteiger partial charge in [0.05, 0.1) is 18.3 Å². The number of hydrogen-bond acceptors (Lipinski definition) is 3. The van der Waals surface area contributed by atoms with Gasteiger partial charge in [0.25, 0.3) is 0 Å². The number of carbonyl (C=O) groups excluding carboxylic acids is 1. The van der Waals surface area contributed by atoms with Crippen LogP contribution in [-0.4, -0.2) is 47.8 Å².